The molecule has 0 spiro atoms. The lowest BCUT2D eigenvalue weighted by atomic mass is 10.1. The van der Waals surface area contributed by atoms with Crippen molar-refractivity contribution >= 4 is 46.9 Å². The lowest BCUT2D eigenvalue weighted by Gasteiger charge is -2.13. The molecule has 16 heavy (non-hydrogen) atoms. The predicted molar refractivity (Wildman–Crippen MR) is 74.1 cm³/mol. The third-order valence-corrected chi connectivity index (χ3v) is 3.77. The van der Waals surface area contributed by atoms with E-state index in [1.807, 2.05) is 23.6 Å². The number of thiophene rings is 1. The summed E-state index contributed by atoms with van der Waals surface area (Å²) in [6.45, 7) is 0. The number of benzene rings is 1. The molecule has 1 nitrogen and oxygen atoms in total. The lowest BCUT2D eigenvalue weighted by Crippen LogP contribution is -2.11. The minimum absolute atomic E-state index is 0. The molecule has 1 heterocycles. The molecule has 1 aromatic heterocycles. The van der Waals surface area contributed by atoms with Crippen molar-refractivity contribution in [3.05, 3.63) is 56.2 Å². The van der Waals surface area contributed by atoms with Crippen molar-refractivity contribution in [2.45, 2.75) is 6.04 Å². The fraction of sp³-hybridized carbons (Fsp3) is 0.0909. The second-order valence-corrected chi connectivity index (χ2v) is 4.92. The van der Waals surface area contributed by atoms with Crippen LogP contribution in [0.15, 0.2) is 35.7 Å². The Kier molecular flexibility index (Phi) is 5.09. The number of rotatable bonds is 2. The van der Waals surface area contributed by atoms with Gasteiger partial charge in [0, 0.05) is 20.5 Å². The minimum atomic E-state index is -0.244. The Labute approximate surface area is 115 Å². The SMILES string of the molecule is Cl.N[C@@H](c1cccs1)c1c(Cl)cccc1Cl. The van der Waals surface area contributed by atoms with Gasteiger partial charge in [0.2, 0.25) is 0 Å². The van der Waals surface area contributed by atoms with E-state index >= 15 is 0 Å². The van der Waals surface area contributed by atoms with E-state index in [-0.39, 0.29) is 18.4 Å². The molecular weight excluding hydrogens is 285 g/mol. The zero-order chi connectivity index (χ0) is 10.8. The van der Waals surface area contributed by atoms with Crippen molar-refractivity contribution in [1.29, 1.82) is 0 Å². The first-order chi connectivity index (χ1) is 7.20. The van der Waals surface area contributed by atoms with E-state index in [9.17, 15) is 0 Å². The molecule has 0 amide bonds. The van der Waals surface area contributed by atoms with Crippen LogP contribution >= 0.6 is 46.9 Å². The average molecular weight is 295 g/mol. The molecule has 2 N–H and O–H groups in total. The fourth-order valence-corrected chi connectivity index (χ4v) is 2.79. The largest absolute Gasteiger partial charge is 0.320 e. The van der Waals surface area contributed by atoms with E-state index in [2.05, 4.69) is 0 Å². The number of nitrogens with two attached hydrogens (primary N) is 1. The van der Waals surface area contributed by atoms with Crippen molar-refractivity contribution in [2.24, 2.45) is 5.73 Å². The third kappa shape index (κ3) is 2.70. The maximum atomic E-state index is 6.10. The lowest BCUT2D eigenvalue weighted by molar-refractivity contribution is 0.894. The summed E-state index contributed by atoms with van der Waals surface area (Å²) in [6.07, 6.45) is 0. The Morgan fingerprint density at radius 1 is 1.06 bits per heavy atom. The first kappa shape index (κ1) is 13.8. The van der Waals surface area contributed by atoms with Crippen molar-refractivity contribution in [3.63, 3.8) is 0 Å². The van der Waals surface area contributed by atoms with Crippen molar-refractivity contribution in [3.8, 4) is 0 Å². The molecule has 0 bridgehead atoms. The van der Waals surface area contributed by atoms with Gasteiger partial charge < -0.3 is 5.73 Å². The van der Waals surface area contributed by atoms with Crippen molar-refractivity contribution < 1.29 is 0 Å². The molecule has 1 aromatic carbocycles. The first-order valence-electron chi connectivity index (χ1n) is 4.43. The molecule has 86 valence electrons. The topological polar surface area (TPSA) is 26.0 Å². The second-order valence-electron chi connectivity index (χ2n) is 3.13. The summed E-state index contributed by atoms with van der Waals surface area (Å²) < 4.78 is 0. The summed E-state index contributed by atoms with van der Waals surface area (Å²) in [7, 11) is 0. The molecule has 0 aliphatic heterocycles. The molecule has 2 aromatic rings. The van der Waals surface area contributed by atoms with Gasteiger partial charge in [0.1, 0.15) is 0 Å². The van der Waals surface area contributed by atoms with Crippen LogP contribution < -0.4 is 5.73 Å². The maximum Gasteiger partial charge on any atom is 0.0675 e. The highest BCUT2D eigenvalue weighted by molar-refractivity contribution is 7.10. The third-order valence-electron chi connectivity index (χ3n) is 2.16. The first-order valence-corrected chi connectivity index (χ1v) is 6.06. The zero-order valence-corrected chi connectivity index (χ0v) is 11.3. The summed E-state index contributed by atoms with van der Waals surface area (Å²) in [5.74, 6) is 0. The van der Waals surface area contributed by atoms with Crippen LogP contribution in [0.5, 0.6) is 0 Å². The van der Waals surface area contributed by atoms with Crippen LogP contribution in [-0.4, -0.2) is 0 Å². The number of hydrogen-bond donors (Lipinski definition) is 1. The van der Waals surface area contributed by atoms with E-state index in [1.54, 1.807) is 23.5 Å². The van der Waals surface area contributed by atoms with Crippen LogP contribution in [0.2, 0.25) is 10.0 Å². The number of halogens is 3. The molecule has 5 heteroatoms. The van der Waals surface area contributed by atoms with Gasteiger partial charge in [-0.3, -0.25) is 0 Å². The Balaban J connectivity index is 0.00000128. The molecule has 0 aliphatic carbocycles. The van der Waals surface area contributed by atoms with Gasteiger partial charge in [0.25, 0.3) is 0 Å². The van der Waals surface area contributed by atoms with Crippen molar-refractivity contribution in [2.75, 3.05) is 0 Å². The Bertz CT molecular complexity index is 436. The fourth-order valence-electron chi connectivity index (χ4n) is 1.42. The van der Waals surface area contributed by atoms with Gasteiger partial charge in [-0.15, -0.1) is 23.7 Å². The van der Waals surface area contributed by atoms with Crippen LogP contribution in [0, 0.1) is 0 Å². The molecule has 1 atom stereocenters. The van der Waals surface area contributed by atoms with E-state index in [0.29, 0.717) is 10.0 Å². The van der Waals surface area contributed by atoms with Gasteiger partial charge >= 0.3 is 0 Å². The molecule has 0 radical (unpaired) electrons. The van der Waals surface area contributed by atoms with Crippen LogP contribution in [0.25, 0.3) is 0 Å². The minimum Gasteiger partial charge on any atom is -0.320 e. The molecule has 0 unspecified atom stereocenters. The van der Waals surface area contributed by atoms with E-state index < -0.39 is 0 Å². The van der Waals surface area contributed by atoms with Crippen LogP contribution in [0.4, 0.5) is 0 Å². The smallest absolute Gasteiger partial charge is 0.0675 e. The summed E-state index contributed by atoms with van der Waals surface area (Å²) in [5, 5.41) is 3.21. The average Bonchev–Trinajstić information content (AvgIpc) is 2.69. The summed E-state index contributed by atoms with van der Waals surface area (Å²) in [5.41, 5.74) is 6.90. The normalized spacial score (nSPS) is 11.9. The van der Waals surface area contributed by atoms with Gasteiger partial charge in [-0.2, -0.15) is 0 Å². The van der Waals surface area contributed by atoms with Gasteiger partial charge in [0.15, 0.2) is 0 Å². The van der Waals surface area contributed by atoms with Crippen molar-refractivity contribution in [1.82, 2.24) is 0 Å². The molecular formula is C11H10Cl3NS. The van der Waals surface area contributed by atoms with Gasteiger partial charge in [-0.25, -0.2) is 0 Å². The summed E-state index contributed by atoms with van der Waals surface area (Å²) in [6, 6.07) is 9.12. The summed E-state index contributed by atoms with van der Waals surface area (Å²) in [4.78, 5) is 1.06. The van der Waals surface area contributed by atoms with Crippen LogP contribution in [0.1, 0.15) is 16.5 Å². The zero-order valence-electron chi connectivity index (χ0n) is 8.19. The van der Waals surface area contributed by atoms with E-state index in [0.717, 1.165) is 10.4 Å². The Morgan fingerprint density at radius 2 is 1.69 bits per heavy atom. The van der Waals surface area contributed by atoms with E-state index in [4.69, 9.17) is 28.9 Å². The van der Waals surface area contributed by atoms with Crippen LogP contribution in [-0.2, 0) is 0 Å². The second kappa shape index (κ2) is 5.89. The monoisotopic (exact) mass is 293 g/mol. The highest BCUT2D eigenvalue weighted by atomic mass is 35.5. The molecule has 0 fully saturated rings. The quantitative estimate of drug-likeness (QED) is 0.865. The summed E-state index contributed by atoms with van der Waals surface area (Å²) >= 11 is 13.8. The Morgan fingerprint density at radius 3 is 2.19 bits per heavy atom. The van der Waals surface area contributed by atoms with Gasteiger partial charge in [0.05, 0.1) is 6.04 Å². The maximum absolute atomic E-state index is 6.10. The molecule has 0 saturated carbocycles. The van der Waals surface area contributed by atoms with Gasteiger partial charge in [-0.05, 0) is 23.6 Å². The highest BCUT2D eigenvalue weighted by Crippen LogP contribution is 2.33. The standard InChI is InChI=1S/C11H9Cl2NS.ClH/c12-7-3-1-4-8(13)10(7)11(14)9-5-2-6-15-9;/h1-6,11H,14H2;1H/t11-;/m0./s1. The van der Waals surface area contributed by atoms with Crippen LogP contribution in [0.3, 0.4) is 0 Å². The van der Waals surface area contributed by atoms with E-state index in [1.165, 1.54) is 0 Å². The highest BCUT2D eigenvalue weighted by Gasteiger charge is 2.16. The Hall–Kier alpha value is -0.250. The van der Waals surface area contributed by atoms with Gasteiger partial charge in [-0.1, -0.05) is 35.3 Å². The predicted octanol–water partition coefficient (Wildman–Crippen LogP) is 4.52. The molecule has 0 saturated heterocycles. The molecule has 0 aliphatic rings. The molecule has 2 rings (SSSR count). The number of hydrogen-bond acceptors (Lipinski definition) is 2.